The van der Waals surface area contributed by atoms with Crippen LogP contribution in [-0.2, 0) is 64.1 Å². The largest absolute Gasteiger partial charge is 0.468 e. The van der Waals surface area contributed by atoms with Gasteiger partial charge < -0.3 is 54.8 Å². The van der Waals surface area contributed by atoms with E-state index < -0.39 is 11.0 Å². The van der Waals surface area contributed by atoms with Crippen molar-refractivity contribution in [2.75, 3.05) is 97.5 Å². The average molecular weight is 1300 g/mol. The van der Waals surface area contributed by atoms with E-state index in [0.29, 0.717) is 65.6 Å². The number of carbonyl (C=O) groups is 3. The summed E-state index contributed by atoms with van der Waals surface area (Å²) in [5, 5.41) is 7.88. The number of esters is 1. The molecule has 3 aromatic carbocycles. The van der Waals surface area contributed by atoms with Gasteiger partial charge in [-0.3, -0.25) is 14.4 Å². The SMILES string of the molecule is C.CC(C)CN(c1ccc(C2(C)CCC2)cc1NC1CCCC1)C1CCOCC1.CC(C)CN(c1ccc(C2(OC=O)CCC2)cc1NC1CCCC1)C1CCOCC1.COC(=O)C1(c2ccc(N(CC(C)C)C3CCOCC3)c(N)c2)CCC1.O=C1CCCC1.O=C=O. The molecule has 0 unspecified atom stereocenters. The third kappa shape index (κ3) is 20.2. The minimum atomic E-state index is -0.497. The topological polar surface area (TPSA) is 191 Å². The van der Waals surface area contributed by atoms with Gasteiger partial charge in [0, 0.05) is 102 Å². The lowest BCUT2D eigenvalue weighted by Gasteiger charge is -2.42. The summed E-state index contributed by atoms with van der Waals surface area (Å²) >= 11 is 0. The first-order chi connectivity index (χ1) is 44.9. The highest BCUT2D eigenvalue weighted by Crippen LogP contribution is 2.49. The molecule has 3 heterocycles. The second-order valence-corrected chi connectivity index (χ2v) is 29.9. The molecule has 16 heteroatoms. The summed E-state index contributed by atoms with van der Waals surface area (Å²) in [7, 11) is 1.47. The number of nitrogens with two attached hydrogens (primary N) is 1. The number of nitrogens with zero attached hydrogens (tertiary/aromatic N) is 3. The van der Waals surface area contributed by atoms with E-state index in [1.54, 1.807) is 5.56 Å². The maximum absolute atomic E-state index is 12.4. The van der Waals surface area contributed by atoms with Crippen LogP contribution in [0.1, 0.15) is 246 Å². The zero-order chi connectivity index (χ0) is 66.4. The van der Waals surface area contributed by atoms with Crippen molar-refractivity contribution in [2.45, 2.75) is 276 Å². The van der Waals surface area contributed by atoms with Crippen molar-refractivity contribution in [1.82, 2.24) is 0 Å². The highest BCUT2D eigenvalue weighted by molar-refractivity contribution is 5.86. The first-order valence-corrected chi connectivity index (χ1v) is 36.4. The monoisotopic (exact) mass is 1300 g/mol. The Labute approximate surface area is 566 Å². The Hall–Kier alpha value is -5.67. The van der Waals surface area contributed by atoms with E-state index in [2.05, 4.69) is 122 Å². The minimum absolute atomic E-state index is 0. The van der Waals surface area contributed by atoms with E-state index in [1.165, 1.54) is 100 Å². The smallest absolute Gasteiger partial charge is 0.373 e. The van der Waals surface area contributed by atoms with Crippen LogP contribution in [0.3, 0.4) is 0 Å². The summed E-state index contributed by atoms with van der Waals surface area (Å²) in [6, 6.07) is 23.1. The van der Waals surface area contributed by atoms with Crippen LogP contribution in [0.4, 0.5) is 34.1 Å². The molecule has 0 radical (unpaired) electrons. The van der Waals surface area contributed by atoms with Crippen LogP contribution in [-0.4, -0.2) is 121 Å². The first-order valence-electron chi connectivity index (χ1n) is 36.4. The van der Waals surface area contributed by atoms with Gasteiger partial charge in [0.05, 0.1) is 46.6 Å². The Kier molecular flexibility index (Phi) is 29.9. The molecule has 6 aliphatic carbocycles. The lowest BCUT2D eigenvalue weighted by atomic mass is 9.64. The highest BCUT2D eigenvalue weighted by atomic mass is 16.5. The summed E-state index contributed by atoms with van der Waals surface area (Å²) in [5.74, 6) is 2.11. The number of nitrogen functional groups attached to an aromatic ring is 1. The molecule has 16 nitrogen and oxygen atoms in total. The van der Waals surface area contributed by atoms with Gasteiger partial charge in [-0.05, 0) is 198 Å². The number of hydrogen-bond donors (Lipinski definition) is 3. The normalized spacial score (nSPS) is 20.9. The minimum Gasteiger partial charge on any atom is -0.468 e. The maximum Gasteiger partial charge on any atom is 0.373 e. The van der Waals surface area contributed by atoms with Crippen LogP contribution >= 0.6 is 0 Å². The Morgan fingerprint density at radius 3 is 1.28 bits per heavy atom. The molecule has 3 saturated heterocycles. The van der Waals surface area contributed by atoms with Crippen LogP contribution in [0.5, 0.6) is 0 Å². The number of anilines is 6. The van der Waals surface area contributed by atoms with Gasteiger partial charge in [-0.15, -0.1) is 0 Å². The lowest BCUT2D eigenvalue weighted by molar-refractivity contribution is -0.191. The van der Waals surface area contributed by atoms with Crippen molar-refractivity contribution in [1.29, 1.82) is 0 Å². The van der Waals surface area contributed by atoms with Crippen LogP contribution < -0.4 is 31.1 Å². The van der Waals surface area contributed by atoms with Crippen LogP contribution in [0.25, 0.3) is 0 Å². The average Bonchev–Trinajstić information content (AvgIpc) is 0.930. The number of methoxy groups -OCH3 is 1. The number of nitrogens with one attached hydrogen (secondary N) is 2. The van der Waals surface area contributed by atoms with E-state index >= 15 is 0 Å². The first kappa shape index (κ1) is 75.7. The van der Waals surface area contributed by atoms with Crippen molar-refractivity contribution < 1.29 is 47.7 Å². The van der Waals surface area contributed by atoms with E-state index in [9.17, 15) is 14.4 Å². The van der Waals surface area contributed by atoms with Gasteiger partial charge in [0.25, 0.3) is 6.47 Å². The van der Waals surface area contributed by atoms with Crippen molar-refractivity contribution in [3.63, 3.8) is 0 Å². The van der Waals surface area contributed by atoms with Crippen LogP contribution in [0.15, 0.2) is 54.6 Å². The van der Waals surface area contributed by atoms with Gasteiger partial charge in [-0.2, -0.15) is 9.59 Å². The molecule has 0 amide bonds. The molecule has 9 fully saturated rings. The molecule has 94 heavy (non-hydrogen) atoms. The zero-order valence-electron chi connectivity index (χ0n) is 58.3. The number of rotatable bonds is 22. The zero-order valence-corrected chi connectivity index (χ0v) is 58.3. The van der Waals surface area contributed by atoms with E-state index in [4.69, 9.17) is 39.0 Å². The Morgan fingerprint density at radius 2 is 0.947 bits per heavy atom. The molecule has 0 spiro atoms. The van der Waals surface area contributed by atoms with Gasteiger partial charge in [0.15, 0.2) is 0 Å². The van der Waals surface area contributed by atoms with E-state index in [1.807, 2.05) is 6.07 Å². The Bertz CT molecular complexity index is 2800. The van der Waals surface area contributed by atoms with Crippen LogP contribution in [0.2, 0.25) is 0 Å². The number of ether oxygens (including phenoxy) is 5. The fraction of sp³-hybridized carbons (Fsp3) is 0.718. The van der Waals surface area contributed by atoms with Gasteiger partial charge in [-0.1, -0.05) is 113 Å². The molecule has 3 aliphatic heterocycles. The molecular weight excluding hydrogens is 1180 g/mol. The summed E-state index contributed by atoms with van der Waals surface area (Å²) in [5.41, 5.74) is 16.8. The van der Waals surface area contributed by atoms with Crippen molar-refractivity contribution in [2.24, 2.45) is 17.8 Å². The second kappa shape index (κ2) is 37.2. The number of benzene rings is 3. The predicted octanol–water partition coefficient (Wildman–Crippen LogP) is 16.0. The fourth-order valence-corrected chi connectivity index (χ4v) is 15.8. The second-order valence-electron chi connectivity index (χ2n) is 29.9. The third-order valence-electron chi connectivity index (χ3n) is 21.6. The molecule has 0 bridgehead atoms. The third-order valence-corrected chi connectivity index (χ3v) is 21.6. The molecular formula is C78H122N6O10. The molecule has 3 aromatic rings. The van der Waals surface area contributed by atoms with Gasteiger partial charge >= 0.3 is 12.1 Å². The Morgan fingerprint density at radius 1 is 0.564 bits per heavy atom. The molecule has 12 rings (SSSR count). The lowest BCUT2D eigenvalue weighted by Crippen LogP contribution is -2.44. The maximum atomic E-state index is 12.4. The van der Waals surface area contributed by atoms with E-state index in [0.717, 1.165) is 185 Å². The number of carbonyl (C=O) groups excluding carboxylic acids is 5. The molecule has 9 aliphatic rings. The quantitative estimate of drug-likeness (QED) is 0.0488. The van der Waals surface area contributed by atoms with Crippen molar-refractivity contribution in [3.05, 3.63) is 71.3 Å². The van der Waals surface area contributed by atoms with Gasteiger partial charge in [-0.25, -0.2) is 0 Å². The summed E-state index contributed by atoms with van der Waals surface area (Å²) in [6.45, 7) is 25.1. The summed E-state index contributed by atoms with van der Waals surface area (Å²) in [6.07, 6.45) is 31.0. The van der Waals surface area contributed by atoms with E-state index in [-0.39, 0.29) is 19.5 Å². The molecule has 524 valence electrons. The molecule has 0 aromatic heterocycles. The highest BCUT2D eigenvalue weighted by Gasteiger charge is 2.47. The molecule has 0 atom stereocenters. The summed E-state index contributed by atoms with van der Waals surface area (Å²) < 4.78 is 27.6. The molecule has 4 N–H and O–H groups in total. The Balaban J connectivity index is 0.000000186. The number of ketones is 1. The molecule has 6 saturated carbocycles. The number of hydrogen-bond acceptors (Lipinski definition) is 16. The number of Topliss-reactive ketones (excluding diaryl/α,β-unsaturated/α-hetero) is 1. The van der Waals surface area contributed by atoms with Crippen molar-refractivity contribution >= 4 is 58.5 Å². The van der Waals surface area contributed by atoms with Gasteiger partial charge in [0.2, 0.25) is 0 Å². The van der Waals surface area contributed by atoms with Crippen LogP contribution in [0, 0.1) is 17.8 Å². The summed E-state index contributed by atoms with van der Waals surface area (Å²) in [4.78, 5) is 57.8. The van der Waals surface area contributed by atoms with Gasteiger partial charge in [0.1, 0.15) is 11.4 Å². The standard InChI is InChI=1S/C25H38N2O3.C25H40N2O.C21H32N2O3.C5H8O.CO2.CH4/c1-19(2)17-27(22-10-14-29-15-11-22)24-9-8-20(25(30-18-28)12-5-13-25)16-23(24)26-21-6-3-4-7-21;1-19(2)18-27(22-11-15-28-16-12-22)24-10-9-20(25(3)13-6-14-25)17-23(24)26-21-7-4-5-8-21;1-15(2)14-23(17-7-11-26-12-8-17)19-6-5-16(13-18(19)22)21(9-4-10-21)20(24)25-3;6-5-3-1-2-4-5;2-1-3;/h8-9,16,18-19,21-22,26H,3-7,10-15,17H2,1-2H3;9-10,17,19,21-22,26H,4-8,11-16,18H2,1-3H3;5-6,13,15,17H,4,7-12,14,22H2,1-3H3;1-4H2;;1H4. The van der Waals surface area contributed by atoms with Crippen molar-refractivity contribution in [3.8, 4) is 0 Å². The predicted molar refractivity (Wildman–Crippen MR) is 380 cm³/mol. The fourth-order valence-electron chi connectivity index (χ4n) is 15.8.